The van der Waals surface area contributed by atoms with Crippen LogP contribution in [0.4, 0.5) is 0 Å². The summed E-state index contributed by atoms with van der Waals surface area (Å²) in [7, 11) is 3.61. The Morgan fingerprint density at radius 3 is 2.70 bits per heavy atom. The lowest BCUT2D eigenvalue weighted by molar-refractivity contribution is 0.414. The molecule has 0 radical (unpaired) electrons. The van der Waals surface area contributed by atoms with Gasteiger partial charge >= 0.3 is 0 Å². The average Bonchev–Trinajstić information content (AvgIpc) is 2.95. The van der Waals surface area contributed by atoms with Gasteiger partial charge < -0.3 is 9.30 Å². The van der Waals surface area contributed by atoms with Crippen molar-refractivity contribution in [3.8, 4) is 5.75 Å². The van der Waals surface area contributed by atoms with Gasteiger partial charge in [0.25, 0.3) is 0 Å². The molecular formula is C17H18N4OS. The third-order valence-electron chi connectivity index (χ3n) is 3.42. The molecule has 0 N–H and O–H groups in total. The van der Waals surface area contributed by atoms with Crippen molar-refractivity contribution in [2.45, 2.75) is 17.8 Å². The van der Waals surface area contributed by atoms with Crippen LogP contribution in [0.15, 0.2) is 41.8 Å². The normalized spacial score (nSPS) is 11.4. The van der Waals surface area contributed by atoms with E-state index in [1.165, 1.54) is 5.56 Å². The molecule has 118 valence electrons. The van der Waals surface area contributed by atoms with Crippen LogP contribution in [0, 0.1) is 0 Å². The summed E-state index contributed by atoms with van der Waals surface area (Å²) in [6.07, 6.45) is 5.70. The van der Waals surface area contributed by atoms with Gasteiger partial charge in [0, 0.05) is 12.8 Å². The number of ether oxygens (including phenoxy) is 1. The van der Waals surface area contributed by atoms with Crippen molar-refractivity contribution in [1.82, 2.24) is 19.5 Å². The molecule has 3 rings (SSSR count). The summed E-state index contributed by atoms with van der Waals surface area (Å²) in [5.41, 5.74) is 3.75. The van der Waals surface area contributed by atoms with E-state index in [2.05, 4.69) is 27.1 Å². The number of methoxy groups -OCH3 is 1. The molecule has 6 heteroatoms. The molecule has 0 amide bonds. The van der Waals surface area contributed by atoms with Gasteiger partial charge in [-0.15, -0.1) is 0 Å². The molecule has 23 heavy (non-hydrogen) atoms. The first-order valence-electron chi connectivity index (χ1n) is 7.28. The van der Waals surface area contributed by atoms with E-state index in [1.807, 2.05) is 42.8 Å². The number of aromatic nitrogens is 4. The minimum absolute atomic E-state index is 0.755. The van der Waals surface area contributed by atoms with Gasteiger partial charge in [-0.05, 0) is 30.7 Å². The maximum Gasteiger partial charge on any atom is 0.190 e. The Morgan fingerprint density at radius 2 is 2.00 bits per heavy atom. The molecular weight excluding hydrogens is 308 g/mol. The summed E-state index contributed by atoms with van der Waals surface area (Å²) < 4.78 is 7.10. The smallest absolute Gasteiger partial charge is 0.190 e. The van der Waals surface area contributed by atoms with E-state index < -0.39 is 0 Å². The van der Waals surface area contributed by atoms with Gasteiger partial charge in [0.15, 0.2) is 10.8 Å². The molecule has 0 aliphatic rings. The van der Waals surface area contributed by atoms with Crippen molar-refractivity contribution in [2.24, 2.45) is 7.05 Å². The SMILES string of the molecule is CC=Cc1nc(SCc2ccc(OC)cc2)nc2c1ncn2C. The molecule has 0 saturated carbocycles. The quantitative estimate of drug-likeness (QED) is 0.528. The molecule has 0 bridgehead atoms. The third-order valence-corrected chi connectivity index (χ3v) is 4.34. The predicted molar refractivity (Wildman–Crippen MR) is 93.6 cm³/mol. The second-order valence-corrected chi connectivity index (χ2v) is 6.00. The Morgan fingerprint density at radius 1 is 1.22 bits per heavy atom. The van der Waals surface area contributed by atoms with E-state index in [1.54, 1.807) is 25.2 Å². The number of rotatable bonds is 5. The number of benzene rings is 1. The highest BCUT2D eigenvalue weighted by Crippen LogP contribution is 2.24. The first kappa shape index (κ1) is 15.6. The molecule has 3 aromatic rings. The summed E-state index contributed by atoms with van der Waals surface area (Å²) in [5.74, 6) is 1.67. The van der Waals surface area contributed by atoms with Gasteiger partial charge in [0.1, 0.15) is 11.3 Å². The van der Waals surface area contributed by atoms with E-state index in [9.17, 15) is 0 Å². The molecule has 0 fully saturated rings. The third kappa shape index (κ3) is 3.37. The summed E-state index contributed by atoms with van der Waals surface area (Å²) in [6, 6.07) is 8.04. The topological polar surface area (TPSA) is 52.8 Å². The molecule has 5 nitrogen and oxygen atoms in total. The van der Waals surface area contributed by atoms with E-state index in [0.717, 1.165) is 33.5 Å². The molecule has 0 spiro atoms. The van der Waals surface area contributed by atoms with Crippen LogP contribution in [0.2, 0.25) is 0 Å². The van der Waals surface area contributed by atoms with Gasteiger partial charge in [-0.2, -0.15) is 0 Å². The summed E-state index contributed by atoms with van der Waals surface area (Å²) in [5, 5.41) is 0.755. The van der Waals surface area contributed by atoms with Gasteiger partial charge in [-0.1, -0.05) is 30.0 Å². The fourth-order valence-electron chi connectivity index (χ4n) is 2.22. The Kier molecular flexibility index (Phi) is 4.62. The van der Waals surface area contributed by atoms with E-state index in [4.69, 9.17) is 4.74 Å². The Hall–Kier alpha value is -2.34. The minimum atomic E-state index is 0.755. The van der Waals surface area contributed by atoms with Crippen LogP contribution in [0.5, 0.6) is 5.75 Å². The fraction of sp³-hybridized carbons (Fsp3) is 0.235. The van der Waals surface area contributed by atoms with Gasteiger partial charge in [-0.3, -0.25) is 0 Å². The van der Waals surface area contributed by atoms with Crippen molar-refractivity contribution in [3.05, 3.63) is 47.9 Å². The first-order chi connectivity index (χ1) is 11.2. The van der Waals surface area contributed by atoms with Crippen LogP contribution in [-0.4, -0.2) is 26.6 Å². The minimum Gasteiger partial charge on any atom is -0.497 e. The molecule has 2 heterocycles. The van der Waals surface area contributed by atoms with Crippen LogP contribution in [-0.2, 0) is 12.8 Å². The lowest BCUT2D eigenvalue weighted by Crippen LogP contribution is -1.96. The average molecular weight is 326 g/mol. The number of nitrogens with zero attached hydrogens (tertiary/aromatic N) is 4. The van der Waals surface area contributed by atoms with E-state index in [-0.39, 0.29) is 0 Å². The lowest BCUT2D eigenvalue weighted by Gasteiger charge is -2.05. The number of aryl methyl sites for hydroxylation is 1. The maximum absolute atomic E-state index is 5.18. The lowest BCUT2D eigenvalue weighted by atomic mass is 10.2. The van der Waals surface area contributed by atoms with E-state index in [0.29, 0.717) is 0 Å². The Labute approximate surface area is 139 Å². The van der Waals surface area contributed by atoms with Gasteiger partial charge in [-0.25, -0.2) is 15.0 Å². The van der Waals surface area contributed by atoms with Crippen LogP contribution >= 0.6 is 11.8 Å². The molecule has 2 aromatic heterocycles. The number of imidazole rings is 1. The van der Waals surface area contributed by atoms with E-state index >= 15 is 0 Å². The molecule has 0 saturated heterocycles. The van der Waals surface area contributed by atoms with Gasteiger partial charge in [0.2, 0.25) is 0 Å². The van der Waals surface area contributed by atoms with Crippen LogP contribution in [0.25, 0.3) is 17.2 Å². The zero-order valence-electron chi connectivity index (χ0n) is 13.4. The van der Waals surface area contributed by atoms with Crippen molar-refractivity contribution in [2.75, 3.05) is 7.11 Å². The first-order valence-corrected chi connectivity index (χ1v) is 8.27. The highest BCUT2D eigenvalue weighted by atomic mass is 32.2. The number of hydrogen-bond acceptors (Lipinski definition) is 5. The number of hydrogen-bond donors (Lipinski definition) is 0. The largest absolute Gasteiger partial charge is 0.497 e. The fourth-order valence-corrected chi connectivity index (χ4v) is 3.02. The Balaban J connectivity index is 1.85. The van der Waals surface area contributed by atoms with Crippen molar-refractivity contribution in [1.29, 1.82) is 0 Å². The molecule has 0 atom stereocenters. The maximum atomic E-state index is 5.18. The monoisotopic (exact) mass is 326 g/mol. The van der Waals surface area contributed by atoms with Crippen molar-refractivity contribution < 1.29 is 4.74 Å². The second kappa shape index (κ2) is 6.83. The molecule has 1 aromatic carbocycles. The molecule has 0 aliphatic heterocycles. The highest BCUT2D eigenvalue weighted by Gasteiger charge is 2.10. The van der Waals surface area contributed by atoms with Crippen molar-refractivity contribution in [3.63, 3.8) is 0 Å². The zero-order valence-corrected chi connectivity index (χ0v) is 14.2. The zero-order chi connectivity index (χ0) is 16.2. The molecule has 0 unspecified atom stereocenters. The van der Waals surface area contributed by atoms with Crippen molar-refractivity contribution >= 4 is 29.0 Å². The van der Waals surface area contributed by atoms with Crippen LogP contribution in [0.1, 0.15) is 18.2 Å². The Bertz CT molecular complexity index is 840. The summed E-state index contributed by atoms with van der Waals surface area (Å²) in [4.78, 5) is 13.6. The van der Waals surface area contributed by atoms with Crippen LogP contribution < -0.4 is 4.74 Å². The summed E-state index contributed by atoms with van der Waals surface area (Å²) in [6.45, 7) is 1.97. The standard InChI is InChI=1S/C17H18N4OS/c1-4-5-14-15-16(21(2)11-18-15)20-17(19-14)23-10-12-6-8-13(22-3)9-7-12/h4-9,11H,10H2,1-3H3. The summed E-state index contributed by atoms with van der Waals surface area (Å²) >= 11 is 1.62. The van der Waals surface area contributed by atoms with Crippen LogP contribution in [0.3, 0.4) is 0 Å². The number of fused-ring (bicyclic) bond motifs is 1. The highest BCUT2D eigenvalue weighted by molar-refractivity contribution is 7.98. The molecule has 0 aliphatic carbocycles. The number of allylic oxidation sites excluding steroid dienone is 1. The predicted octanol–water partition coefficient (Wildman–Crippen LogP) is 3.70. The number of thioether (sulfide) groups is 1. The van der Waals surface area contributed by atoms with Gasteiger partial charge in [0.05, 0.1) is 19.1 Å². The second-order valence-electron chi connectivity index (χ2n) is 5.06.